The molecule has 0 amide bonds. The van der Waals surface area contributed by atoms with Crippen LogP contribution in [-0.2, 0) is 6.42 Å². The second kappa shape index (κ2) is 5.10. The van der Waals surface area contributed by atoms with Gasteiger partial charge in [0.25, 0.3) is 0 Å². The molecule has 0 bridgehead atoms. The summed E-state index contributed by atoms with van der Waals surface area (Å²) in [5.41, 5.74) is 6.12. The number of hydrogen-bond donors (Lipinski definition) is 1. The molecule has 2 N–H and O–H groups in total. The number of benzene rings is 1. The van der Waals surface area contributed by atoms with E-state index in [0.717, 1.165) is 6.42 Å². The summed E-state index contributed by atoms with van der Waals surface area (Å²) in [5.74, 6) is 0.486. The minimum atomic E-state index is -0.465. The lowest BCUT2D eigenvalue weighted by Gasteiger charge is -2.15. The van der Waals surface area contributed by atoms with E-state index in [0.29, 0.717) is 36.7 Å². The lowest BCUT2D eigenvalue weighted by atomic mass is 10.1. The highest BCUT2D eigenvalue weighted by Gasteiger charge is 2.22. The van der Waals surface area contributed by atoms with Crippen molar-refractivity contribution in [1.82, 2.24) is 0 Å². The van der Waals surface area contributed by atoms with Crippen LogP contribution in [0.4, 0.5) is 4.39 Å². The Labute approximate surface area is 105 Å². The van der Waals surface area contributed by atoms with Crippen LogP contribution in [0.1, 0.15) is 18.9 Å². The summed E-state index contributed by atoms with van der Waals surface area (Å²) in [6.07, 6.45) is 1.14. The normalized spacial score (nSPS) is 16.5. The maximum atomic E-state index is 14.0. The average molecular weight is 260 g/mol. The Hall–Kier alpha value is -1.00. The molecule has 2 rings (SSSR count). The van der Waals surface area contributed by atoms with Crippen LogP contribution in [0.25, 0.3) is 0 Å². The fourth-order valence-electron chi connectivity index (χ4n) is 1.82. The highest BCUT2D eigenvalue weighted by molar-refractivity contribution is 6.31. The van der Waals surface area contributed by atoms with Crippen LogP contribution in [0, 0.1) is 5.82 Å². The van der Waals surface area contributed by atoms with Crippen LogP contribution >= 0.6 is 11.6 Å². The fourth-order valence-corrected chi connectivity index (χ4v) is 2.03. The van der Waals surface area contributed by atoms with E-state index >= 15 is 0 Å². The summed E-state index contributed by atoms with van der Waals surface area (Å²) in [4.78, 5) is 0. The van der Waals surface area contributed by atoms with Gasteiger partial charge in [0.15, 0.2) is 11.5 Å². The number of hydrogen-bond acceptors (Lipinski definition) is 3. The third kappa shape index (κ3) is 2.64. The molecule has 1 atom stereocenters. The highest BCUT2D eigenvalue weighted by Crippen LogP contribution is 2.39. The second-order valence-corrected chi connectivity index (χ2v) is 4.62. The van der Waals surface area contributed by atoms with E-state index in [1.54, 1.807) is 0 Å². The van der Waals surface area contributed by atoms with Crippen molar-refractivity contribution in [3.05, 3.63) is 22.5 Å². The Kier molecular flexibility index (Phi) is 3.74. The van der Waals surface area contributed by atoms with Gasteiger partial charge in [0.1, 0.15) is 5.82 Å². The summed E-state index contributed by atoms with van der Waals surface area (Å²) in [6, 6.07) is 1.29. The molecule has 1 aliphatic heterocycles. The van der Waals surface area contributed by atoms with Gasteiger partial charge in [0, 0.05) is 24.1 Å². The van der Waals surface area contributed by atoms with Gasteiger partial charge in [-0.3, -0.25) is 0 Å². The van der Waals surface area contributed by atoms with Gasteiger partial charge in [-0.25, -0.2) is 4.39 Å². The van der Waals surface area contributed by atoms with E-state index in [1.807, 2.05) is 6.92 Å². The molecular weight excluding hydrogens is 245 g/mol. The number of fused-ring (bicyclic) bond motifs is 1. The Morgan fingerprint density at radius 1 is 1.47 bits per heavy atom. The lowest BCUT2D eigenvalue weighted by molar-refractivity contribution is 0.295. The van der Waals surface area contributed by atoms with Gasteiger partial charge in [-0.05, 0) is 13.3 Å². The fraction of sp³-hybridized carbons (Fsp3) is 0.500. The van der Waals surface area contributed by atoms with Crippen molar-refractivity contribution in [2.45, 2.75) is 25.8 Å². The van der Waals surface area contributed by atoms with E-state index in [4.69, 9.17) is 26.8 Å². The molecule has 5 heteroatoms. The lowest BCUT2D eigenvalue weighted by Crippen LogP contribution is -2.19. The van der Waals surface area contributed by atoms with Crippen molar-refractivity contribution in [3.63, 3.8) is 0 Å². The minimum absolute atomic E-state index is 0.0462. The summed E-state index contributed by atoms with van der Waals surface area (Å²) in [5, 5.41) is 0.0462. The Morgan fingerprint density at radius 3 is 2.88 bits per heavy atom. The predicted octanol–water partition coefficient (Wildman–Crippen LogP) is 2.53. The first-order valence-corrected chi connectivity index (χ1v) is 5.99. The number of halogens is 2. The predicted molar refractivity (Wildman–Crippen MR) is 64.4 cm³/mol. The van der Waals surface area contributed by atoms with Gasteiger partial charge in [-0.2, -0.15) is 0 Å². The Morgan fingerprint density at radius 2 is 2.18 bits per heavy atom. The molecule has 1 aromatic rings. The molecule has 1 unspecified atom stereocenters. The zero-order valence-electron chi connectivity index (χ0n) is 9.63. The Balaban J connectivity index is 2.49. The van der Waals surface area contributed by atoms with Gasteiger partial charge in [-0.1, -0.05) is 11.6 Å². The summed E-state index contributed by atoms with van der Waals surface area (Å²) < 4.78 is 25.0. The maximum absolute atomic E-state index is 14.0. The van der Waals surface area contributed by atoms with E-state index in [9.17, 15) is 4.39 Å². The van der Waals surface area contributed by atoms with Crippen LogP contribution in [0.15, 0.2) is 6.07 Å². The minimum Gasteiger partial charge on any atom is -0.489 e. The van der Waals surface area contributed by atoms with Crippen molar-refractivity contribution in [2.24, 2.45) is 5.73 Å². The molecule has 1 aliphatic rings. The third-order valence-electron chi connectivity index (χ3n) is 2.55. The molecule has 1 heterocycles. The smallest absolute Gasteiger partial charge is 0.167 e. The van der Waals surface area contributed by atoms with Crippen molar-refractivity contribution in [2.75, 3.05) is 13.2 Å². The molecule has 0 saturated heterocycles. The van der Waals surface area contributed by atoms with Gasteiger partial charge >= 0.3 is 0 Å². The number of ether oxygens (including phenoxy) is 2. The number of rotatable bonds is 2. The van der Waals surface area contributed by atoms with Crippen molar-refractivity contribution in [3.8, 4) is 11.5 Å². The monoisotopic (exact) mass is 259 g/mol. The molecule has 0 radical (unpaired) electrons. The topological polar surface area (TPSA) is 44.5 Å². The molecule has 0 aromatic heterocycles. The molecule has 1 aromatic carbocycles. The standard InChI is InChI=1S/C12H15ClFNO2/c1-7(15)5-8-11(14)9(13)6-10-12(8)17-4-2-3-16-10/h6-7H,2-5,15H2,1H3. The van der Waals surface area contributed by atoms with Gasteiger partial charge < -0.3 is 15.2 Å². The molecule has 17 heavy (non-hydrogen) atoms. The first-order chi connectivity index (χ1) is 8.09. The van der Waals surface area contributed by atoms with Crippen molar-refractivity contribution in [1.29, 1.82) is 0 Å². The van der Waals surface area contributed by atoms with Crippen LogP contribution < -0.4 is 15.2 Å². The van der Waals surface area contributed by atoms with Crippen LogP contribution in [0.5, 0.6) is 11.5 Å². The largest absolute Gasteiger partial charge is 0.489 e. The quantitative estimate of drug-likeness (QED) is 0.888. The molecule has 0 fully saturated rings. The summed E-state index contributed by atoms with van der Waals surface area (Å²) >= 11 is 5.84. The molecule has 3 nitrogen and oxygen atoms in total. The highest BCUT2D eigenvalue weighted by atomic mass is 35.5. The van der Waals surface area contributed by atoms with E-state index < -0.39 is 5.82 Å². The van der Waals surface area contributed by atoms with Gasteiger partial charge in [0.05, 0.1) is 18.2 Å². The third-order valence-corrected chi connectivity index (χ3v) is 2.82. The Bertz CT molecular complexity index is 423. The average Bonchev–Trinajstić information content (AvgIpc) is 2.49. The van der Waals surface area contributed by atoms with Gasteiger partial charge in [-0.15, -0.1) is 0 Å². The molecule has 94 valence electrons. The first-order valence-electron chi connectivity index (χ1n) is 5.61. The van der Waals surface area contributed by atoms with Crippen molar-refractivity contribution < 1.29 is 13.9 Å². The van der Waals surface area contributed by atoms with E-state index in [1.165, 1.54) is 6.07 Å². The number of nitrogens with two attached hydrogens (primary N) is 1. The first kappa shape index (κ1) is 12.5. The summed E-state index contributed by atoms with van der Waals surface area (Å²) in [6.45, 7) is 2.87. The maximum Gasteiger partial charge on any atom is 0.167 e. The summed E-state index contributed by atoms with van der Waals surface area (Å²) in [7, 11) is 0. The van der Waals surface area contributed by atoms with Crippen molar-refractivity contribution >= 4 is 11.6 Å². The molecule has 0 aliphatic carbocycles. The van der Waals surface area contributed by atoms with Gasteiger partial charge in [0.2, 0.25) is 0 Å². The zero-order valence-corrected chi connectivity index (χ0v) is 10.4. The second-order valence-electron chi connectivity index (χ2n) is 4.21. The molecule has 0 spiro atoms. The van der Waals surface area contributed by atoms with Crippen LogP contribution in [-0.4, -0.2) is 19.3 Å². The molecule has 0 saturated carbocycles. The van der Waals surface area contributed by atoms with E-state index in [-0.39, 0.29) is 11.1 Å². The van der Waals surface area contributed by atoms with Crippen LogP contribution in [0.3, 0.4) is 0 Å². The molecular formula is C12H15ClFNO2. The van der Waals surface area contributed by atoms with E-state index in [2.05, 4.69) is 0 Å². The SMILES string of the molecule is CC(N)Cc1c(F)c(Cl)cc2c1OCCCO2. The zero-order chi connectivity index (χ0) is 12.4. The van der Waals surface area contributed by atoms with Crippen LogP contribution in [0.2, 0.25) is 5.02 Å².